The first-order chi connectivity index (χ1) is 10.7. The molecule has 2 rings (SSSR count). The van der Waals surface area contributed by atoms with E-state index in [1.165, 1.54) is 31.3 Å². The molecule has 0 atom stereocenters. The molecule has 2 aromatic rings. The third kappa shape index (κ3) is 4.03. The Bertz CT molecular complexity index is 924. The molecule has 0 bridgehead atoms. The monoisotopic (exact) mass is 374 g/mol. The van der Waals surface area contributed by atoms with E-state index in [2.05, 4.69) is 9.44 Å². The molecule has 2 aromatic carbocycles. The van der Waals surface area contributed by atoms with Crippen molar-refractivity contribution in [1.82, 2.24) is 4.72 Å². The predicted octanol–water partition coefficient (Wildman–Crippen LogP) is 2.36. The quantitative estimate of drug-likeness (QED) is 0.840. The van der Waals surface area contributed by atoms with Crippen LogP contribution in [0.3, 0.4) is 0 Å². The maximum atomic E-state index is 12.4. The van der Waals surface area contributed by atoms with Crippen LogP contribution in [0.15, 0.2) is 52.3 Å². The molecule has 0 heterocycles. The highest BCUT2D eigenvalue weighted by molar-refractivity contribution is 7.92. The van der Waals surface area contributed by atoms with Crippen LogP contribution in [0.4, 0.5) is 5.69 Å². The van der Waals surface area contributed by atoms with Gasteiger partial charge in [0.2, 0.25) is 10.0 Å². The van der Waals surface area contributed by atoms with E-state index in [9.17, 15) is 16.8 Å². The smallest absolute Gasteiger partial charge is 0.261 e. The molecule has 0 amide bonds. The number of hydrogen-bond donors (Lipinski definition) is 2. The van der Waals surface area contributed by atoms with Crippen LogP contribution in [0.5, 0.6) is 0 Å². The Balaban J connectivity index is 2.33. The number of sulfonamides is 2. The third-order valence-electron chi connectivity index (χ3n) is 3.15. The van der Waals surface area contributed by atoms with Crippen LogP contribution in [-0.2, 0) is 20.0 Å². The first-order valence-corrected chi connectivity index (χ1v) is 9.83. The van der Waals surface area contributed by atoms with Gasteiger partial charge in [-0.15, -0.1) is 0 Å². The SMILES string of the molecule is CNS(=O)(=O)c1ccc(S(=O)(=O)Nc2ccc(Cl)cc2C)cc1. The topological polar surface area (TPSA) is 92.3 Å². The van der Waals surface area contributed by atoms with Crippen LogP contribution < -0.4 is 9.44 Å². The maximum absolute atomic E-state index is 12.4. The summed E-state index contributed by atoms with van der Waals surface area (Å²) in [5.41, 5.74) is 1.08. The molecule has 0 aliphatic heterocycles. The second kappa shape index (κ2) is 6.48. The van der Waals surface area contributed by atoms with Crippen LogP contribution in [0.2, 0.25) is 5.02 Å². The van der Waals surface area contributed by atoms with Gasteiger partial charge in [0.15, 0.2) is 0 Å². The minimum atomic E-state index is -3.83. The Morgan fingerprint density at radius 3 is 1.87 bits per heavy atom. The molecule has 0 saturated carbocycles. The number of anilines is 1. The Morgan fingerprint density at radius 1 is 0.870 bits per heavy atom. The van der Waals surface area contributed by atoms with Gasteiger partial charge in [-0.2, -0.15) is 0 Å². The van der Waals surface area contributed by atoms with E-state index in [0.29, 0.717) is 16.3 Å². The van der Waals surface area contributed by atoms with Crippen molar-refractivity contribution in [3.63, 3.8) is 0 Å². The summed E-state index contributed by atoms with van der Waals surface area (Å²) in [4.78, 5) is -0.0523. The number of rotatable bonds is 5. The standard InChI is InChI=1S/C14H15ClN2O4S2/c1-10-9-11(15)3-8-14(10)17-23(20,21)13-6-4-12(5-7-13)22(18,19)16-2/h3-9,16-17H,1-2H3. The van der Waals surface area contributed by atoms with Crippen LogP contribution in [0.25, 0.3) is 0 Å². The predicted molar refractivity (Wildman–Crippen MR) is 89.7 cm³/mol. The molecule has 23 heavy (non-hydrogen) atoms. The van der Waals surface area contributed by atoms with E-state index >= 15 is 0 Å². The van der Waals surface area contributed by atoms with Crippen molar-refractivity contribution < 1.29 is 16.8 Å². The fourth-order valence-electron chi connectivity index (χ4n) is 1.86. The minimum absolute atomic E-state index is 0.0124. The number of hydrogen-bond acceptors (Lipinski definition) is 4. The lowest BCUT2D eigenvalue weighted by Crippen LogP contribution is -2.19. The molecule has 0 unspecified atom stereocenters. The summed E-state index contributed by atoms with van der Waals surface area (Å²) in [6.07, 6.45) is 0. The van der Waals surface area contributed by atoms with Crippen molar-refractivity contribution >= 4 is 37.3 Å². The van der Waals surface area contributed by atoms with Gasteiger partial charge in [0, 0.05) is 5.02 Å². The summed E-state index contributed by atoms with van der Waals surface area (Å²) < 4.78 is 52.6. The van der Waals surface area contributed by atoms with E-state index in [-0.39, 0.29) is 9.79 Å². The third-order valence-corrected chi connectivity index (χ3v) is 6.19. The number of benzene rings is 2. The second-order valence-electron chi connectivity index (χ2n) is 4.74. The lowest BCUT2D eigenvalue weighted by Gasteiger charge is -2.11. The minimum Gasteiger partial charge on any atom is -0.279 e. The molecule has 0 spiro atoms. The first kappa shape index (κ1) is 17.7. The maximum Gasteiger partial charge on any atom is 0.261 e. The molecule has 6 nitrogen and oxygen atoms in total. The summed E-state index contributed by atoms with van der Waals surface area (Å²) >= 11 is 5.84. The zero-order chi connectivity index (χ0) is 17.3. The van der Waals surface area contributed by atoms with Crippen LogP contribution in [0, 0.1) is 6.92 Å². The normalized spacial score (nSPS) is 12.1. The average molecular weight is 375 g/mol. The highest BCUT2D eigenvalue weighted by Gasteiger charge is 2.17. The zero-order valence-electron chi connectivity index (χ0n) is 12.4. The van der Waals surface area contributed by atoms with Crippen LogP contribution in [0.1, 0.15) is 5.56 Å². The Kier molecular flexibility index (Phi) is 5.00. The van der Waals surface area contributed by atoms with E-state index in [1.807, 2.05) is 0 Å². The molecule has 0 fully saturated rings. The van der Waals surface area contributed by atoms with Crippen molar-refractivity contribution in [2.75, 3.05) is 11.8 Å². The van der Waals surface area contributed by atoms with Gasteiger partial charge in [0.25, 0.3) is 10.0 Å². The van der Waals surface area contributed by atoms with Gasteiger partial charge in [-0.3, -0.25) is 4.72 Å². The number of aryl methyl sites for hydroxylation is 1. The highest BCUT2D eigenvalue weighted by Crippen LogP contribution is 2.23. The average Bonchev–Trinajstić information content (AvgIpc) is 2.50. The lowest BCUT2D eigenvalue weighted by atomic mass is 10.2. The van der Waals surface area contributed by atoms with Gasteiger partial charge in [-0.05, 0) is 62.0 Å². The summed E-state index contributed by atoms with van der Waals surface area (Å²) in [5, 5.41) is 0.507. The molecule has 9 heteroatoms. The molecule has 0 aromatic heterocycles. The van der Waals surface area contributed by atoms with E-state index in [1.54, 1.807) is 25.1 Å². The molecule has 0 radical (unpaired) electrons. The largest absolute Gasteiger partial charge is 0.279 e. The van der Waals surface area contributed by atoms with Crippen molar-refractivity contribution in [3.8, 4) is 0 Å². The molecule has 0 aliphatic carbocycles. The highest BCUT2D eigenvalue weighted by atomic mass is 35.5. The molecule has 2 N–H and O–H groups in total. The fourth-order valence-corrected chi connectivity index (χ4v) is 3.95. The van der Waals surface area contributed by atoms with E-state index in [4.69, 9.17) is 11.6 Å². The second-order valence-corrected chi connectivity index (χ2v) is 8.75. The van der Waals surface area contributed by atoms with Gasteiger partial charge < -0.3 is 0 Å². The Hall–Kier alpha value is -1.61. The fraction of sp³-hybridized carbons (Fsp3) is 0.143. The van der Waals surface area contributed by atoms with Crippen LogP contribution >= 0.6 is 11.6 Å². The lowest BCUT2D eigenvalue weighted by molar-refractivity contribution is 0.587. The summed E-state index contributed by atoms with van der Waals surface area (Å²) in [6.45, 7) is 1.73. The Labute approximate surface area is 140 Å². The molecular weight excluding hydrogens is 360 g/mol. The van der Waals surface area contributed by atoms with Crippen LogP contribution in [-0.4, -0.2) is 23.9 Å². The summed E-state index contributed by atoms with van der Waals surface area (Å²) in [6, 6.07) is 9.71. The number of nitrogens with one attached hydrogen (secondary N) is 2. The van der Waals surface area contributed by atoms with Crippen molar-refractivity contribution in [2.45, 2.75) is 16.7 Å². The van der Waals surface area contributed by atoms with E-state index in [0.717, 1.165) is 0 Å². The van der Waals surface area contributed by atoms with E-state index < -0.39 is 20.0 Å². The molecule has 0 aliphatic rings. The van der Waals surface area contributed by atoms with Gasteiger partial charge in [-0.25, -0.2) is 21.6 Å². The molecular formula is C14H15ClN2O4S2. The number of halogens is 1. The van der Waals surface area contributed by atoms with Gasteiger partial charge in [-0.1, -0.05) is 11.6 Å². The summed E-state index contributed by atoms with van der Waals surface area (Å²) in [5.74, 6) is 0. The summed E-state index contributed by atoms with van der Waals surface area (Å²) in [7, 11) is -6.15. The Morgan fingerprint density at radius 2 is 1.39 bits per heavy atom. The van der Waals surface area contributed by atoms with Gasteiger partial charge in [0.1, 0.15) is 0 Å². The molecule has 0 saturated heterocycles. The van der Waals surface area contributed by atoms with Gasteiger partial charge in [0.05, 0.1) is 15.5 Å². The van der Waals surface area contributed by atoms with Gasteiger partial charge >= 0.3 is 0 Å². The first-order valence-electron chi connectivity index (χ1n) is 6.48. The van der Waals surface area contributed by atoms with Crippen molar-refractivity contribution in [3.05, 3.63) is 53.1 Å². The van der Waals surface area contributed by atoms with Crippen molar-refractivity contribution in [1.29, 1.82) is 0 Å². The molecule has 124 valence electrons. The van der Waals surface area contributed by atoms with Crippen molar-refractivity contribution in [2.24, 2.45) is 0 Å². The zero-order valence-corrected chi connectivity index (χ0v) is 14.8.